The van der Waals surface area contributed by atoms with Crippen molar-refractivity contribution in [2.45, 2.75) is 25.4 Å². The van der Waals surface area contributed by atoms with Crippen LogP contribution < -0.4 is 10.5 Å². The van der Waals surface area contributed by atoms with Crippen molar-refractivity contribution in [3.05, 3.63) is 29.8 Å². The van der Waals surface area contributed by atoms with Gasteiger partial charge in [-0.05, 0) is 37.6 Å². The van der Waals surface area contributed by atoms with Crippen LogP contribution in [0.25, 0.3) is 0 Å². The van der Waals surface area contributed by atoms with Gasteiger partial charge in [0.25, 0.3) is 0 Å². The number of ether oxygens (including phenoxy) is 1. The molecule has 0 amide bonds. The molecule has 0 radical (unpaired) electrons. The highest BCUT2D eigenvalue weighted by atomic mass is 16.5. The highest BCUT2D eigenvalue weighted by Gasteiger charge is 2.25. The number of likely N-dealkylation sites (N-methyl/N-ethyl adjacent to an activating group) is 1. The van der Waals surface area contributed by atoms with Gasteiger partial charge in [-0.25, -0.2) is 0 Å². The lowest BCUT2D eigenvalue weighted by Gasteiger charge is -2.15. The van der Waals surface area contributed by atoms with Crippen molar-refractivity contribution in [3.8, 4) is 5.75 Å². The Kier molecular flexibility index (Phi) is 3.80. The summed E-state index contributed by atoms with van der Waals surface area (Å²) >= 11 is 0. The second-order valence-electron chi connectivity index (χ2n) is 4.41. The summed E-state index contributed by atoms with van der Waals surface area (Å²) in [4.78, 5) is 2.37. The van der Waals surface area contributed by atoms with Crippen molar-refractivity contribution in [2.24, 2.45) is 5.73 Å². The van der Waals surface area contributed by atoms with E-state index in [9.17, 15) is 0 Å². The summed E-state index contributed by atoms with van der Waals surface area (Å²) in [5, 5.41) is 0. The van der Waals surface area contributed by atoms with E-state index in [1.54, 1.807) is 0 Å². The first kappa shape index (κ1) is 11.4. The predicted molar refractivity (Wildman–Crippen MR) is 65.5 cm³/mol. The van der Waals surface area contributed by atoms with E-state index in [-0.39, 0.29) is 0 Å². The molecule has 1 aromatic rings. The molecule has 3 nitrogen and oxygen atoms in total. The lowest BCUT2D eigenvalue weighted by Crippen LogP contribution is -2.26. The molecule has 16 heavy (non-hydrogen) atoms. The minimum Gasteiger partial charge on any atom is -0.492 e. The van der Waals surface area contributed by atoms with Gasteiger partial charge < -0.3 is 15.4 Å². The van der Waals surface area contributed by atoms with Crippen molar-refractivity contribution in [3.63, 3.8) is 0 Å². The fourth-order valence-electron chi connectivity index (χ4n) is 1.73. The third kappa shape index (κ3) is 3.22. The lowest BCUT2D eigenvalue weighted by atomic mass is 10.2. The molecule has 2 rings (SSSR count). The fourth-order valence-corrected chi connectivity index (χ4v) is 1.73. The molecule has 88 valence electrons. The molecule has 0 aromatic heterocycles. The number of rotatable bonds is 6. The fraction of sp³-hybridized carbons (Fsp3) is 0.538. The van der Waals surface area contributed by atoms with Crippen LogP contribution in [0, 0.1) is 0 Å². The molecule has 1 fully saturated rings. The lowest BCUT2D eigenvalue weighted by molar-refractivity contribution is 0.232. The van der Waals surface area contributed by atoms with Gasteiger partial charge in [0.2, 0.25) is 0 Å². The van der Waals surface area contributed by atoms with Crippen LogP contribution in [-0.2, 0) is 6.54 Å². The van der Waals surface area contributed by atoms with Crippen LogP contribution in [0.3, 0.4) is 0 Å². The molecule has 0 saturated heterocycles. The van der Waals surface area contributed by atoms with E-state index in [2.05, 4.69) is 11.9 Å². The van der Waals surface area contributed by atoms with Gasteiger partial charge in [0, 0.05) is 19.1 Å². The first-order chi connectivity index (χ1) is 7.79. The highest BCUT2D eigenvalue weighted by Crippen LogP contribution is 2.24. The van der Waals surface area contributed by atoms with Crippen LogP contribution >= 0.6 is 0 Å². The van der Waals surface area contributed by atoms with Crippen LogP contribution in [0.15, 0.2) is 24.3 Å². The van der Waals surface area contributed by atoms with Crippen molar-refractivity contribution in [1.29, 1.82) is 0 Å². The predicted octanol–water partition coefficient (Wildman–Crippen LogP) is 1.62. The van der Waals surface area contributed by atoms with Crippen molar-refractivity contribution in [1.82, 2.24) is 4.90 Å². The van der Waals surface area contributed by atoms with Crippen molar-refractivity contribution >= 4 is 0 Å². The summed E-state index contributed by atoms with van der Waals surface area (Å²) in [7, 11) is 2.17. The average molecular weight is 220 g/mol. The molecule has 1 aliphatic rings. The average Bonchev–Trinajstić information content (AvgIpc) is 3.14. The molecule has 1 aliphatic carbocycles. The van der Waals surface area contributed by atoms with E-state index < -0.39 is 0 Å². The van der Waals surface area contributed by atoms with E-state index in [0.717, 1.165) is 30.5 Å². The molecule has 0 atom stereocenters. The van der Waals surface area contributed by atoms with Gasteiger partial charge >= 0.3 is 0 Å². The Morgan fingerprint density at radius 2 is 2.00 bits per heavy atom. The van der Waals surface area contributed by atoms with Crippen LogP contribution in [0.2, 0.25) is 0 Å². The van der Waals surface area contributed by atoms with E-state index in [1.165, 1.54) is 12.8 Å². The molecule has 2 N–H and O–H groups in total. The normalized spacial score (nSPS) is 15.4. The minimum atomic E-state index is 0.588. The maximum Gasteiger partial charge on any atom is 0.119 e. The molecule has 1 saturated carbocycles. The zero-order chi connectivity index (χ0) is 11.4. The Bertz CT molecular complexity index is 319. The number of nitrogens with zero attached hydrogens (tertiary/aromatic N) is 1. The second kappa shape index (κ2) is 5.32. The molecule has 0 heterocycles. The van der Waals surface area contributed by atoms with Gasteiger partial charge in [0.15, 0.2) is 0 Å². The van der Waals surface area contributed by atoms with Crippen LogP contribution in [0.1, 0.15) is 18.4 Å². The zero-order valence-electron chi connectivity index (χ0n) is 9.86. The van der Waals surface area contributed by atoms with Crippen LogP contribution in [0.5, 0.6) is 5.75 Å². The summed E-state index contributed by atoms with van der Waals surface area (Å²) in [5.74, 6) is 0.932. The van der Waals surface area contributed by atoms with Gasteiger partial charge in [-0.3, -0.25) is 0 Å². The first-order valence-electron chi connectivity index (χ1n) is 5.91. The van der Waals surface area contributed by atoms with Crippen LogP contribution in [0.4, 0.5) is 0 Å². The topological polar surface area (TPSA) is 38.5 Å². The van der Waals surface area contributed by atoms with Gasteiger partial charge in [-0.2, -0.15) is 0 Å². The van der Waals surface area contributed by atoms with Gasteiger partial charge in [-0.15, -0.1) is 0 Å². The highest BCUT2D eigenvalue weighted by molar-refractivity contribution is 5.27. The number of benzene rings is 1. The molecule has 0 bridgehead atoms. The van der Waals surface area contributed by atoms with Gasteiger partial charge in [-0.1, -0.05) is 12.1 Å². The molecule has 0 spiro atoms. The Labute approximate surface area is 97.2 Å². The molecular weight excluding hydrogens is 200 g/mol. The Morgan fingerprint density at radius 1 is 1.31 bits per heavy atom. The van der Waals surface area contributed by atoms with Crippen LogP contribution in [-0.4, -0.2) is 31.1 Å². The van der Waals surface area contributed by atoms with E-state index in [4.69, 9.17) is 10.5 Å². The summed E-state index contributed by atoms with van der Waals surface area (Å²) in [5.41, 5.74) is 6.67. The Hall–Kier alpha value is -1.06. The Balaban J connectivity index is 1.71. The minimum absolute atomic E-state index is 0.588. The Morgan fingerprint density at radius 3 is 2.56 bits per heavy atom. The quantitative estimate of drug-likeness (QED) is 0.791. The molecule has 1 aromatic carbocycles. The largest absolute Gasteiger partial charge is 0.492 e. The summed E-state index contributed by atoms with van der Waals surface area (Å²) in [6.07, 6.45) is 2.70. The van der Waals surface area contributed by atoms with E-state index >= 15 is 0 Å². The number of hydrogen-bond donors (Lipinski definition) is 1. The summed E-state index contributed by atoms with van der Waals surface area (Å²) < 4.78 is 5.67. The standard InChI is InChI=1S/C13H20N2O/c1-15(12-4-5-12)8-9-16-13-6-2-11(10-14)3-7-13/h2-3,6-7,12H,4-5,8-10,14H2,1H3. The van der Waals surface area contributed by atoms with Gasteiger partial charge in [0.1, 0.15) is 12.4 Å². The van der Waals surface area contributed by atoms with Gasteiger partial charge in [0.05, 0.1) is 0 Å². The van der Waals surface area contributed by atoms with E-state index in [0.29, 0.717) is 6.54 Å². The van der Waals surface area contributed by atoms with Crippen molar-refractivity contribution in [2.75, 3.05) is 20.2 Å². The maximum atomic E-state index is 5.67. The third-order valence-electron chi connectivity index (χ3n) is 3.04. The maximum absolute atomic E-state index is 5.67. The summed E-state index contributed by atoms with van der Waals surface area (Å²) in [6, 6.07) is 8.81. The monoisotopic (exact) mass is 220 g/mol. The summed E-state index contributed by atoms with van der Waals surface area (Å²) in [6.45, 7) is 2.35. The SMILES string of the molecule is CN(CCOc1ccc(CN)cc1)C1CC1. The second-order valence-corrected chi connectivity index (χ2v) is 4.41. The molecule has 0 aliphatic heterocycles. The third-order valence-corrected chi connectivity index (χ3v) is 3.04. The first-order valence-corrected chi connectivity index (χ1v) is 5.91. The van der Waals surface area contributed by atoms with E-state index in [1.807, 2.05) is 24.3 Å². The molecular formula is C13H20N2O. The van der Waals surface area contributed by atoms with Crippen molar-refractivity contribution < 1.29 is 4.74 Å². The number of nitrogens with two attached hydrogens (primary N) is 1. The number of hydrogen-bond acceptors (Lipinski definition) is 3. The molecule has 3 heteroatoms. The molecule has 0 unspecified atom stereocenters. The zero-order valence-corrected chi connectivity index (χ0v) is 9.86. The smallest absolute Gasteiger partial charge is 0.119 e.